The summed E-state index contributed by atoms with van der Waals surface area (Å²) in [6, 6.07) is 12.0. The number of para-hydroxylation sites is 1. The number of carbonyl (C=O) groups is 2. The van der Waals surface area contributed by atoms with Gasteiger partial charge in [-0.25, -0.2) is 4.39 Å². The van der Waals surface area contributed by atoms with Gasteiger partial charge in [0, 0.05) is 30.1 Å². The van der Waals surface area contributed by atoms with E-state index in [0.717, 1.165) is 29.7 Å². The van der Waals surface area contributed by atoms with Gasteiger partial charge in [0.15, 0.2) is 0 Å². The zero-order valence-corrected chi connectivity index (χ0v) is 14.0. The lowest BCUT2D eigenvalue weighted by atomic mass is 10.0. The molecule has 0 bridgehead atoms. The molecule has 25 heavy (non-hydrogen) atoms. The van der Waals surface area contributed by atoms with Crippen molar-refractivity contribution in [1.82, 2.24) is 0 Å². The van der Waals surface area contributed by atoms with Crippen LogP contribution in [-0.4, -0.2) is 18.4 Å². The highest BCUT2D eigenvalue weighted by atomic mass is 19.1. The van der Waals surface area contributed by atoms with Crippen LogP contribution in [0, 0.1) is 12.7 Å². The highest BCUT2D eigenvalue weighted by Crippen LogP contribution is 2.26. The molecule has 3 rings (SSSR count). The van der Waals surface area contributed by atoms with E-state index >= 15 is 0 Å². The predicted octanol–water partition coefficient (Wildman–Crippen LogP) is 3.61. The Hall–Kier alpha value is -2.95. The molecular weight excluding hydrogens is 319 g/mol. The number of amides is 2. The van der Waals surface area contributed by atoms with Crippen molar-refractivity contribution in [3.05, 3.63) is 71.6 Å². The van der Waals surface area contributed by atoms with Gasteiger partial charge in [0.1, 0.15) is 5.82 Å². The van der Waals surface area contributed by atoms with E-state index in [4.69, 9.17) is 0 Å². The third kappa shape index (κ3) is 3.94. The third-order valence-electron chi connectivity index (χ3n) is 4.21. The fourth-order valence-electron chi connectivity index (χ4n) is 2.90. The van der Waals surface area contributed by atoms with Crippen molar-refractivity contribution in [2.24, 2.45) is 0 Å². The number of anilines is 2. The summed E-state index contributed by atoms with van der Waals surface area (Å²) in [6.45, 7) is 2.40. The Bertz CT molecular complexity index is 845. The Balaban J connectivity index is 1.69. The number of fused-ring (bicyclic) bond motifs is 1. The second-order valence-electron chi connectivity index (χ2n) is 6.00. The number of hydrogen-bond acceptors (Lipinski definition) is 2. The summed E-state index contributed by atoms with van der Waals surface area (Å²) < 4.78 is 13.3. The quantitative estimate of drug-likeness (QED) is 0.869. The van der Waals surface area contributed by atoms with Crippen LogP contribution < -0.4 is 10.2 Å². The zero-order chi connectivity index (χ0) is 17.8. The minimum Gasteiger partial charge on any atom is -0.322 e. The van der Waals surface area contributed by atoms with E-state index < -0.39 is 11.7 Å². The highest BCUT2D eigenvalue weighted by molar-refractivity contribution is 6.08. The zero-order valence-electron chi connectivity index (χ0n) is 14.0. The molecule has 1 aliphatic rings. The second-order valence-corrected chi connectivity index (χ2v) is 6.00. The van der Waals surface area contributed by atoms with Gasteiger partial charge < -0.3 is 10.2 Å². The minimum absolute atomic E-state index is 0.238. The molecule has 0 atom stereocenters. The maximum absolute atomic E-state index is 13.3. The van der Waals surface area contributed by atoms with Crippen LogP contribution in [0.1, 0.15) is 17.5 Å². The molecule has 0 fully saturated rings. The molecule has 0 saturated carbocycles. The standard InChI is InChI=1S/C20H19FN2O2/c1-14-8-9-16(21)13-17(14)22-19(24)10-11-20(25)23-12-4-6-15-5-2-3-7-18(15)23/h2-3,5,7-11,13H,4,6,12H2,1H3,(H,22,24). The van der Waals surface area contributed by atoms with Crippen LogP contribution in [0.5, 0.6) is 0 Å². The Morgan fingerprint density at radius 3 is 2.80 bits per heavy atom. The first-order valence-corrected chi connectivity index (χ1v) is 8.19. The first kappa shape index (κ1) is 16.9. The maximum Gasteiger partial charge on any atom is 0.251 e. The smallest absolute Gasteiger partial charge is 0.251 e. The summed E-state index contributed by atoms with van der Waals surface area (Å²) in [5, 5.41) is 2.59. The molecule has 0 saturated heterocycles. The lowest BCUT2D eigenvalue weighted by molar-refractivity contribution is -0.115. The number of rotatable bonds is 3. The van der Waals surface area contributed by atoms with E-state index in [2.05, 4.69) is 5.32 Å². The molecule has 0 aliphatic carbocycles. The Kier molecular flexibility index (Phi) is 4.93. The normalized spacial score (nSPS) is 13.6. The number of nitrogens with one attached hydrogen (secondary N) is 1. The number of hydrogen-bond donors (Lipinski definition) is 1. The fourth-order valence-corrected chi connectivity index (χ4v) is 2.90. The average molecular weight is 338 g/mol. The molecule has 4 nitrogen and oxygen atoms in total. The van der Waals surface area contributed by atoms with Crippen molar-refractivity contribution in [1.29, 1.82) is 0 Å². The SMILES string of the molecule is Cc1ccc(F)cc1NC(=O)C=CC(=O)N1CCCc2ccccc21. The van der Waals surface area contributed by atoms with Gasteiger partial charge in [-0.3, -0.25) is 9.59 Å². The van der Waals surface area contributed by atoms with Crippen molar-refractivity contribution >= 4 is 23.2 Å². The van der Waals surface area contributed by atoms with Crippen LogP contribution in [-0.2, 0) is 16.0 Å². The van der Waals surface area contributed by atoms with Crippen molar-refractivity contribution in [2.75, 3.05) is 16.8 Å². The van der Waals surface area contributed by atoms with Crippen LogP contribution in [0.25, 0.3) is 0 Å². The van der Waals surface area contributed by atoms with E-state index in [-0.39, 0.29) is 5.91 Å². The summed E-state index contributed by atoms with van der Waals surface area (Å²) in [5.74, 6) is -1.13. The predicted molar refractivity (Wildman–Crippen MR) is 96.0 cm³/mol. The topological polar surface area (TPSA) is 49.4 Å². The minimum atomic E-state index is -0.465. The number of nitrogens with zero attached hydrogens (tertiary/aromatic N) is 1. The van der Waals surface area contributed by atoms with Crippen molar-refractivity contribution in [2.45, 2.75) is 19.8 Å². The van der Waals surface area contributed by atoms with Crippen LogP contribution in [0.3, 0.4) is 0 Å². The summed E-state index contributed by atoms with van der Waals surface area (Å²) >= 11 is 0. The Morgan fingerprint density at radius 1 is 1.16 bits per heavy atom. The van der Waals surface area contributed by atoms with Gasteiger partial charge >= 0.3 is 0 Å². The monoisotopic (exact) mass is 338 g/mol. The number of benzene rings is 2. The Labute approximate surface area is 146 Å². The molecule has 2 amide bonds. The van der Waals surface area contributed by atoms with Gasteiger partial charge in [-0.05, 0) is 49.1 Å². The molecule has 0 radical (unpaired) electrons. The van der Waals surface area contributed by atoms with Crippen molar-refractivity contribution in [3.8, 4) is 0 Å². The van der Waals surface area contributed by atoms with Gasteiger partial charge in [0.25, 0.3) is 5.91 Å². The molecule has 2 aromatic rings. The largest absolute Gasteiger partial charge is 0.322 e. The maximum atomic E-state index is 13.3. The molecule has 1 N–H and O–H groups in total. The lowest BCUT2D eigenvalue weighted by Crippen LogP contribution is -2.34. The van der Waals surface area contributed by atoms with E-state index in [0.29, 0.717) is 12.2 Å². The molecule has 1 heterocycles. The summed E-state index contributed by atoms with van der Waals surface area (Å²) in [6.07, 6.45) is 4.28. The summed E-state index contributed by atoms with van der Waals surface area (Å²) in [7, 11) is 0. The molecule has 0 aromatic heterocycles. The Morgan fingerprint density at radius 2 is 1.96 bits per heavy atom. The molecular formula is C20H19FN2O2. The molecule has 5 heteroatoms. The number of halogens is 1. The van der Waals surface area contributed by atoms with Crippen LogP contribution in [0.2, 0.25) is 0 Å². The van der Waals surface area contributed by atoms with E-state index in [9.17, 15) is 14.0 Å². The van der Waals surface area contributed by atoms with Crippen LogP contribution in [0.4, 0.5) is 15.8 Å². The molecule has 0 spiro atoms. The van der Waals surface area contributed by atoms with Gasteiger partial charge in [-0.1, -0.05) is 24.3 Å². The van der Waals surface area contributed by atoms with E-state index in [1.165, 1.54) is 24.3 Å². The third-order valence-corrected chi connectivity index (χ3v) is 4.21. The lowest BCUT2D eigenvalue weighted by Gasteiger charge is -2.28. The van der Waals surface area contributed by atoms with E-state index in [1.807, 2.05) is 24.3 Å². The van der Waals surface area contributed by atoms with Crippen LogP contribution in [0.15, 0.2) is 54.6 Å². The molecule has 128 valence electrons. The highest BCUT2D eigenvalue weighted by Gasteiger charge is 2.20. The molecule has 1 aliphatic heterocycles. The van der Waals surface area contributed by atoms with E-state index in [1.54, 1.807) is 17.9 Å². The van der Waals surface area contributed by atoms with Crippen LogP contribution >= 0.6 is 0 Å². The number of aryl methyl sites for hydroxylation is 2. The molecule has 0 unspecified atom stereocenters. The molecule has 2 aromatic carbocycles. The first-order valence-electron chi connectivity index (χ1n) is 8.19. The fraction of sp³-hybridized carbons (Fsp3) is 0.200. The van der Waals surface area contributed by atoms with Gasteiger partial charge in [-0.2, -0.15) is 0 Å². The van der Waals surface area contributed by atoms with Gasteiger partial charge in [0.05, 0.1) is 0 Å². The summed E-state index contributed by atoms with van der Waals surface area (Å²) in [5.41, 5.74) is 3.17. The number of carbonyl (C=O) groups excluding carboxylic acids is 2. The van der Waals surface area contributed by atoms with Crippen molar-refractivity contribution in [3.63, 3.8) is 0 Å². The van der Waals surface area contributed by atoms with Gasteiger partial charge in [0.2, 0.25) is 5.91 Å². The first-order chi connectivity index (χ1) is 12.0. The second kappa shape index (κ2) is 7.30. The summed E-state index contributed by atoms with van der Waals surface area (Å²) in [4.78, 5) is 26.1. The average Bonchev–Trinajstić information content (AvgIpc) is 2.62. The van der Waals surface area contributed by atoms with Crippen molar-refractivity contribution < 1.29 is 14.0 Å². The van der Waals surface area contributed by atoms with Gasteiger partial charge in [-0.15, -0.1) is 0 Å².